The van der Waals surface area contributed by atoms with Crippen molar-refractivity contribution in [3.63, 3.8) is 0 Å². The fourth-order valence-electron chi connectivity index (χ4n) is 2.23. The Bertz CT molecular complexity index is 886. The second-order valence-corrected chi connectivity index (χ2v) is 5.44. The van der Waals surface area contributed by atoms with Crippen molar-refractivity contribution in [2.45, 2.75) is 13.8 Å². The summed E-state index contributed by atoms with van der Waals surface area (Å²) in [6.45, 7) is 3.16. The molecule has 2 N–H and O–H groups in total. The Morgan fingerprint density at radius 1 is 1.32 bits per heavy atom. The fourth-order valence-corrected chi connectivity index (χ4v) is 2.40. The summed E-state index contributed by atoms with van der Waals surface area (Å²) in [7, 11) is 0. The minimum absolute atomic E-state index is 0.0618. The molecule has 112 valence electrons. The standard InChI is InChI=1S/C16H13ClN2O3/c1-8-5-11(18-9(2)20)7-12(15(8)21)16-19-13-6-10(17)3-4-14(13)22-16/h3-7,21H,1-2H3,(H,18,20). The van der Waals surface area contributed by atoms with Crippen molar-refractivity contribution in [1.82, 2.24) is 4.98 Å². The summed E-state index contributed by atoms with van der Waals surface area (Å²) >= 11 is 5.93. The summed E-state index contributed by atoms with van der Waals surface area (Å²) in [5.41, 5.74) is 2.77. The van der Waals surface area contributed by atoms with Crippen molar-refractivity contribution in [2.24, 2.45) is 0 Å². The number of oxazole rings is 1. The average molecular weight is 317 g/mol. The van der Waals surface area contributed by atoms with Gasteiger partial charge in [0.15, 0.2) is 5.58 Å². The molecule has 0 spiro atoms. The van der Waals surface area contributed by atoms with E-state index in [0.717, 1.165) is 0 Å². The van der Waals surface area contributed by atoms with E-state index in [9.17, 15) is 9.90 Å². The maximum absolute atomic E-state index is 11.2. The number of rotatable bonds is 2. The summed E-state index contributed by atoms with van der Waals surface area (Å²) in [5.74, 6) is 0.136. The van der Waals surface area contributed by atoms with Gasteiger partial charge in [0.2, 0.25) is 11.8 Å². The lowest BCUT2D eigenvalue weighted by atomic mass is 10.1. The molecule has 1 amide bonds. The van der Waals surface area contributed by atoms with Crippen LogP contribution in [-0.2, 0) is 4.79 Å². The van der Waals surface area contributed by atoms with Gasteiger partial charge in [0.25, 0.3) is 0 Å². The number of hydrogen-bond donors (Lipinski definition) is 2. The number of anilines is 1. The van der Waals surface area contributed by atoms with Gasteiger partial charge in [-0.15, -0.1) is 0 Å². The number of phenolic OH excluding ortho intramolecular Hbond substituents is 1. The maximum atomic E-state index is 11.2. The highest BCUT2D eigenvalue weighted by Gasteiger charge is 2.16. The summed E-state index contributed by atoms with van der Waals surface area (Å²) < 4.78 is 5.66. The average Bonchev–Trinajstić information content (AvgIpc) is 2.84. The number of carbonyl (C=O) groups excluding carboxylic acids is 1. The van der Waals surface area contributed by atoms with E-state index in [1.807, 2.05) is 0 Å². The molecule has 6 heteroatoms. The van der Waals surface area contributed by atoms with E-state index in [4.69, 9.17) is 16.0 Å². The molecule has 0 aliphatic carbocycles. The topological polar surface area (TPSA) is 75.4 Å². The molecule has 22 heavy (non-hydrogen) atoms. The van der Waals surface area contributed by atoms with Gasteiger partial charge in [-0.2, -0.15) is 0 Å². The summed E-state index contributed by atoms with van der Waals surface area (Å²) in [6, 6.07) is 8.41. The molecule has 0 bridgehead atoms. The molecular formula is C16H13ClN2O3. The Kier molecular flexibility index (Phi) is 3.50. The van der Waals surface area contributed by atoms with Crippen LogP contribution in [0.25, 0.3) is 22.6 Å². The Labute approximate surface area is 131 Å². The van der Waals surface area contributed by atoms with Gasteiger partial charge < -0.3 is 14.8 Å². The molecular weight excluding hydrogens is 304 g/mol. The monoisotopic (exact) mass is 316 g/mol. The number of benzene rings is 2. The van der Waals surface area contributed by atoms with E-state index in [0.29, 0.717) is 32.9 Å². The zero-order chi connectivity index (χ0) is 15.9. The fraction of sp³-hybridized carbons (Fsp3) is 0.125. The molecule has 5 nitrogen and oxygen atoms in total. The van der Waals surface area contributed by atoms with E-state index in [1.165, 1.54) is 6.92 Å². The van der Waals surface area contributed by atoms with Crippen molar-refractivity contribution < 1.29 is 14.3 Å². The number of fused-ring (bicyclic) bond motifs is 1. The number of carbonyl (C=O) groups is 1. The number of hydrogen-bond acceptors (Lipinski definition) is 4. The first-order valence-corrected chi connectivity index (χ1v) is 6.99. The number of aromatic hydroxyl groups is 1. The maximum Gasteiger partial charge on any atom is 0.231 e. The van der Waals surface area contributed by atoms with Gasteiger partial charge in [-0.3, -0.25) is 4.79 Å². The normalized spacial score (nSPS) is 10.9. The van der Waals surface area contributed by atoms with Crippen LogP contribution < -0.4 is 5.32 Å². The molecule has 0 radical (unpaired) electrons. The van der Waals surface area contributed by atoms with Crippen LogP contribution in [0, 0.1) is 6.92 Å². The van der Waals surface area contributed by atoms with Crippen molar-refractivity contribution in [3.8, 4) is 17.2 Å². The minimum Gasteiger partial charge on any atom is -0.507 e. The number of amides is 1. The highest BCUT2D eigenvalue weighted by atomic mass is 35.5. The van der Waals surface area contributed by atoms with Crippen LogP contribution in [0.15, 0.2) is 34.7 Å². The number of aryl methyl sites for hydroxylation is 1. The third-order valence-corrected chi connectivity index (χ3v) is 3.44. The highest BCUT2D eigenvalue weighted by molar-refractivity contribution is 6.31. The Morgan fingerprint density at radius 2 is 2.09 bits per heavy atom. The molecule has 3 aromatic rings. The lowest BCUT2D eigenvalue weighted by molar-refractivity contribution is -0.114. The van der Waals surface area contributed by atoms with E-state index >= 15 is 0 Å². The van der Waals surface area contributed by atoms with Gasteiger partial charge in [0, 0.05) is 17.6 Å². The van der Waals surface area contributed by atoms with Crippen LogP contribution in [0.4, 0.5) is 5.69 Å². The first-order valence-electron chi connectivity index (χ1n) is 6.61. The number of nitrogens with one attached hydrogen (secondary N) is 1. The largest absolute Gasteiger partial charge is 0.507 e. The van der Waals surface area contributed by atoms with Crippen LogP contribution in [0.3, 0.4) is 0 Å². The lowest BCUT2D eigenvalue weighted by Crippen LogP contribution is -2.06. The van der Waals surface area contributed by atoms with Gasteiger partial charge in [-0.25, -0.2) is 4.98 Å². The minimum atomic E-state index is -0.194. The number of phenols is 1. The second-order valence-electron chi connectivity index (χ2n) is 5.00. The summed E-state index contributed by atoms with van der Waals surface area (Å²) in [4.78, 5) is 15.6. The Morgan fingerprint density at radius 3 is 2.82 bits per heavy atom. The van der Waals surface area contributed by atoms with Gasteiger partial charge in [0.05, 0.1) is 5.56 Å². The predicted octanol–water partition coefficient (Wildman–Crippen LogP) is 4.12. The molecule has 0 unspecified atom stereocenters. The first kappa shape index (κ1) is 14.4. The van der Waals surface area contributed by atoms with Crippen LogP contribution in [0.2, 0.25) is 5.02 Å². The van der Waals surface area contributed by atoms with E-state index in [2.05, 4.69) is 10.3 Å². The molecule has 0 aliphatic rings. The van der Waals surface area contributed by atoms with Crippen LogP contribution >= 0.6 is 11.6 Å². The SMILES string of the molecule is CC(=O)Nc1cc(C)c(O)c(-c2nc3cc(Cl)ccc3o2)c1. The highest BCUT2D eigenvalue weighted by Crippen LogP contribution is 2.36. The molecule has 3 rings (SSSR count). The Hall–Kier alpha value is -2.53. The quantitative estimate of drug-likeness (QED) is 0.697. The Balaban J connectivity index is 2.16. The van der Waals surface area contributed by atoms with Crippen molar-refractivity contribution >= 4 is 34.3 Å². The summed E-state index contributed by atoms with van der Waals surface area (Å²) in [5, 5.41) is 13.5. The molecule has 2 aromatic carbocycles. The second kappa shape index (κ2) is 5.35. The van der Waals surface area contributed by atoms with Gasteiger partial charge in [0.1, 0.15) is 11.3 Å². The number of halogens is 1. The van der Waals surface area contributed by atoms with Gasteiger partial charge in [-0.05, 0) is 42.8 Å². The molecule has 0 atom stereocenters. The smallest absolute Gasteiger partial charge is 0.231 e. The lowest BCUT2D eigenvalue weighted by Gasteiger charge is -2.08. The van der Waals surface area contributed by atoms with Gasteiger partial charge in [-0.1, -0.05) is 11.6 Å². The molecule has 0 saturated heterocycles. The number of nitrogens with zero attached hydrogens (tertiary/aromatic N) is 1. The van der Waals surface area contributed by atoms with Crippen LogP contribution in [0.5, 0.6) is 5.75 Å². The van der Waals surface area contributed by atoms with E-state index < -0.39 is 0 Å². The molecule has 1 aromatic heterocycles. The van der Waals surface area contributed by atoms with Crippen molar-refractivity contribution in [3.05, 3.63) is 40.9 Å². The van der Waals surface area contributed by atoms with Crippen LogP contribution in [-0.4, -0.2) is 16.0 Å². The predicted molar refractivity (Wildman–Crippen MR) is 85.2 cm³/mol. The van der Waals surface area contributed by atoms with Crippen molar-refractivity contribution in [2.75, 3.05) is 5.32 Å². The van der Waals surface area contributed by atoms with Gasteiger partial charge >= 0.3 is 0 Å². The third kappa shape index (κ3) is 2.63. The zero-order valence-corrected chi connectivity index (χ0v) is 12.7. The summed E-state index contributed by atoms with van der Waals surface area (Å²) in [6.07, 6.45) is 0. The number of aromatic nitrogens is 1. The van der Waals surface area contributed by atoms with Crippen molar-refractivity contribution in [1.29, 1.82) is 0 Å². The zero-order valence-electron chi connectivity index (χ0n) is 12.0. The molecule has 0 saturated carbocycles. The van der Waals surface area contributed by atoms with E-state index in [-0.39, 0.29) is 17.5 Å². The van der Waals surface area contributed by atoms with Crippen LogP contribution in [0.1, 0.15) is 12.5 Å². The molecule has 0 fully saturated rings. The third-order valence-electron chi connectivity index (χ3n) is 3.20. The first-order chi connectivity index (χ1) is 10.4. The molecule has 0 aliphatic heterocycles. The van der Waals surface area contributed by atoms with E-state index in [1.54, 1.807) is 37.3 Å². The molecule has 1 heterocycles.